The quantitative estimate of drug-likeness (QED) is 0.355. The minimum absolute atomic E-state index is 0.274. The topological polar surface area (TPSA) is 70.1 Å². The SMILES string of the molecule is O=C(N/N=C\c1cccc2ccccc12)c1cc(-c2ccc(Cl)cc2Cl)n[nH]1. The zero-order chi connectivity index (χ0) is 19.5. The molecule has 5 nitrogen and oxygen atoms in total. The lowest BCUT2D eigenvalue weighted by Crippen LogP contribution is -2.18. The first-order valence-corrected chi connectivity index (χ1v) is 9.19. The number of H-pyrrole nitrogens is 1. The molecule has 28 heavy (non-hydrogen) atoms. The lowest BCUT2D eigenvalue weighted by molar-refractivity contribution is 0.0950. The fourth-order valence-electron chi connectivity index (χ4n) is 2.86. The molecule has 4 rings (SSSR count). The van der Waals surface area contributed by atoms with Crippen molar-refractivity contribution in [3.8, 4) is 11.3 Å². The molecule has 3 aromatic carbocycles. The lowest BCUT2D eigenvalue weighted by Gasteiger charge is -2.01. The molecule has 1 aromatic heterocycles. The molecule has 0 fully saturated rings. The number of amides is 1. The maximum atomic E-state index is 12.3. The Kier molecular flexibility index (Phi) is 5.10. The summed E-state index contributed by atoms with van der Waals surface area (Å²) in [5.74, 6) is -0.402. The average Bonchev–Trinajstić information content (AvgIpc) is 3.18. The van der Waals surface area contributed by atoms with E-state index >= 15 is 0 Å². The van der Waals surface area contributed by atoms with Gasteiger partial charge >= 0.3 is 0 Å². The Morgan fingerprint density at radius 3 is 2.71 bits per heavy atom. The molecule has 0 saturated carbocycles. The molecule has 0 aliphatic carbocycles. The second-order valence-corrected chi connectivity index (χ2v) is 6.90. The van der Waals surface area contributed by atoms with Gasteiger partial charge in [0.2, 0.25) is 0 Å². The lowest BCUT2D eigenvalue weighted by atomic mass is 10.1. The smallest absolute Gasteiger partial charge is 0.272 e. The Balaban J connectivity index is 1.50. The van der Waals surface area contributed by atoms with E-state index in [1.165, 1.54) is 0 Å². The van der Waals surface area contributed by atoms with Crippen molar-refractivity contribution in [2.45, 2.75) is 0 Å². The number of aromatic nitrogens is 2. The van der Waals surface area contributed by atoms with Crippen LogP contribution < -0.4 is 5.43 Å². The third-order valence-electron chi connectivity index (χ3n) is 4.22. The van der Waals surface area contributed by atoms with Crippen LogP contribution in [0.4, 0.5) is 0 Å². The van der Waals surface area contributed by atoms with E-state index in [2.05, 4.69) is 20.7 Å². The third kappa shape index (κ3) is 3.76. The van der Waals surface area contributed by atoms with Gasteiger partial charge in [-0.05, 0) is 35.0 Å². The van der Waals surface area contributed by atoms with Gasteiger partial charge in [0.25, 0.3) is 5.91 Å². The Hall–Kier alpha value is -3.15. The van der Waals surface area contributed by atoms with Crippen LogP contribution in [-0.2, 0) is 0 Å². The van der Waals surface area contributed by atoms with Gasteiger partial charge in [0.1, 0.15) is 5.69 Å². The average molecular weight is 409 g/mol. The zero-order valence-electron chi connectivity index (χ0n) is 14.5. The van der Waals surface area contributed by atoms with E-state index in [4.69, 9.17) is 23.2 Å². The van der Waals surface area contributed by atoms with Crippen LogP contribution in [0.1, 0.15) is 16.1 Å². The highest BCUT2D eigenvalue weighted by Gasteiger charge is 2.12. The molecule has 7 heteroatoms. The van der Waals surface area contributed by atoms with Gasteiger partial charge in [-0.25, -0.2) is 5.43 Å². The number of carbonyl (C=O) groups excluding carboxylic acids is 1. The van der Waals surface area contributed by atoms with E-state index in [1.54, 1.807) is 30.5 Å². The Labute approximate surface area is 171 Å². The molecule has 0 atom stereocenters. The molecule has 4 aromatic rings. The highest BCUT2D eigenvalue weighted by molar-refractivity contribution is 6.36. The van der Waals surface area contributed by atoms with Crippen LogP contribution in [0, 0.1) is 0 Å². The summed E-state index contributed by atoms with van der Waals surface area (Å²) < 4.78 is 0. The number of nitrogens with one attached hydrogen (secondary N) is 2. The number of benzene rings is 3. The normalized spacial score (nSPS) is 11.2. The van der Waals surface area contributed by atoms with E-state index < -0.39 is 5.91 Å². The number of nitrogens with zero attached hydrogens (tertiary/aromatic N) is 2. The van der Waals surface area contributed by atoms with Crippen molar-refractivity contribution in [2.75, 3.05) is 0 Å². The first-order valence-electron chi connectivity index (χ1n) is 8.44. The summed E-state index contributed by atoms with van der Waals surface area (Å²) in [4.78, 5) is 12.3. The molecule has 1 amide bonds. The van der Waals surface area contributed by atoms with Crippen molar-refractivity contribution in [1.29, 1.82) is 0 Å². The number of fused-ring (bicyclic) bond motifs is 1. The number of rotatable bonds is 4. The summed E-state index contributed by atoms with van der Waals surface area (Å²) in [6, 6.07) is 20.6. The van der Waals surface area contributed by atoms with Crippen molar-refractivity contribution in [3.05, 3.63) is 88.0 Å². The molecule has 0 bridgehead atoms. The second-order valence-electron chi connectivity index (χ2n) is 6.06. The molecule has 0 aliphatic rings. The summed E-state index contributed by atoms with van der Waals surface area (Å²) >= 11 is 12.1. The van der Waals surface area contributed by atoms with Crippen molar-refractivity contribution in [1.82, 2.24) is 15.6 Å². The fourth-order valence-corrected chi connectivity index (χ4v) is 3.36. The standard InChI is InChI=1S/C21H14Cl2N4O/c22-15-8-9-17(18(23)10-15)19-11-20(26-25-19)21(28)27-24-12-14-6-3-5-13-4-1-2-7-16(13)14/h1-12H,(H,25,26)(H,27,28)/b24-12-. The molecule has 0 saturated heterocycles. The highest BCUT2D eigenvalue weighted by atomic mass is 35.5. The molecule has 2 N–H and O–H groups in total. The number of aromatic amines is 1. The minimum atomic E-state index is -0.402. The van der Waals surface area contributed by atoms with Crippen LogP contribution in [0.25, 0.3) is 22.0 Å². The predicted molar refractivity (Wildman–Crippen MR) is 113 cm³/mol. The summed E-state index contributed by atoms with van der Waals surface area (Å²) in [7, 11) is 0. The van der Waals surface area contributed by atoms with Gasteiger partial charge in [0.15, 0.2) is 0 Å². The second kappa shape index (κ2) is 7.84. The Bertz CT molecular complexity index is 1190. The van der Waals surface area contributed by atoms with Crippen LogP contribution in [0.3, 0.4) is 0 Å². The number of halogens is 2. The van der Waals surface area contributed by atoms with E-state index in [1.807, 2.05) is 42.5 Å². The Morgan fingerprint density at radius 2 is 1.86 bits per heavy atom. The number of hydrogen-bond acceptors (Lipinski definition) is 3. The van der Waals surface area contributed by atoms with Gasteiger partial charge < -0.3 is 0 Å². The molecule has 0 aliphatic heterocycles. The van der Waals surface area contributed by atoms with Gasteiger partial charge in [0, 0.05) is 16.1 Å². The van der Waals surface area contributed by atoms with E-state index in [9.17, 15) is 4.79 Å². The maximum absolute atomic E-state index is 12.3. The first-order chi connectivity index (χ1) is 13.6. The van der Waals surface area contributed by atoms with Gasteiger partial charge in [-0.15, -0.1) is 0 Å². The number of hydrogen-bond donors (Lipinski definition) is 2. The van der Waals surface area contributed by atoms with Gasteiger partial charge in [-0.1, -0.05) is 65.7 Å². The molecule has 0 unspecified atom stereocenters. The van der Waals surface area contributed by atoms with E-state index in [0.29, 0.717) is 21.3 Å². The van der Waals surface area contributed by atoms with E-state index in [-0.39, 0.29) is 5.69 Å². The summed E-state index contributed by atoms with van der Waals surface area (Å²) in [6.07, 6.45) is 1.62. The van der Waals surface area contributed by atoms with Crippen molar-refractivity contribution in [3.63, 3.8) is 0 Å². The summed E-state index contributed by atoms with van der Waals surface area (Å²) in [6.45, 7) is 0. The Morgan fingerprint density at radius 1 is 1.04 bits per heavy atom. The summed E-state index contributed by atoms with van der Waals surface area (Å²) in [5.41, 5.74) is 4.92. The monoisotopic (exact) mass is 408 g/mol. The first kappa shape index (κ1) is 18.2. The fraction of sp³-hybridized carbons (Fsp3) is 0. The predicted octanol–water partition coefficient (Wildman–Crippen LogP) is 5.30. The van der Waals surface area contributed by atoms with Crippen molar-refractivity contribution >= 4 is 46.1 Å². The highest BCUT2D eigenvalue weighted by Crippen LogP contribution is 2.29. The van der Waals surface area contributed by atoms with Gasteiger partial charge in [0.05, 0.1) is 16.9 Å². The van der Waals surface area contributed by atoms with Crippen LogP contribution in [0.2, 0.25) is 10.0 Å². The van der Waals surface area contributed by atoms with Crippen LogP contribution >= 0.6 is 23.2 Å². The molecule has 0 radical (unpaired) electrons. The molecule has 138 valence electrons. The van der Waals surface area contributed by atoms with Crippen LogP contribution in [0.5, 0.6) is 0 Å². The van der Waals surface area contributed by atoms with Crippen molar-refractivity contribution < 1.29 is 4.79 Å². The molecule has 0 spiro atoms. The number of hydrazone groups is 1. The van der Waals surface area contributed by atoms with Gasteiger partial charge in [-0.2, -0.15) is 10.2 Å². The van der Waals surface area contributed by atoms with E-state index in [0.717, 1.165) is 16.3 Å². The zero-order valence-corrected chi connectivity index (χ0v) is 16.0. The maximum Gasteiger partial charge on any atom is 0.289 e. The largest absolute Gasteiger partial charge is 0.289 e. The van der Waals surface area contributed by atoms with Crippen molar-refractivity contribution in [2.24, 2.45) is 5.10 Å². The number of carbonyl (C=O) groups is 1. The van der Waals surface area contributed by atoms with Crippen LogP contribution in [-0.4, -0.2) is 22.3 Å². The summed E-state index contributed by atoms with van der Waals surface area (Å²) in [5, 5.41) is 14.1. The third-order valence-corrected chi connectivity index (χ3v) is 4.77. The van der Waals surface area contributed by atoms with Crippen LogP contribution in [0.15, 0.2) is 71.8 Å². The molecule has 1 heterocycles. The minimum Gasteiger partial charge on any atom is -0.272 e. The van der Waals surface area contributed by atoms with Gasteiger partial charge in [-0.3, -0.25) is 9.89 Å². The molecular formula is C21H14Cl2N4O. The molecular weight excluding hydrogens is 395 g/mol.